The van der Waals surface area contributed by atoms with Crippen LogP contribution >= 0.6 is 23.1 Å². The Morgan fingerprint density at radius 1 is 1.32 bits per heavy atom. The molecule has 4 nitrogen and oxygen atoms in total. The average Bonchev–Trinajstić information content (AvgIpc) is 3.04. The maximum Gasteiger partial charge on any atom is 0.327 e. The molecule has 1 aliphatic heterocycles. The Hall–Kier alpha value is -1.01. The second-order valence-corrected chi connectivity index (χ2v) is 7.03. The molecular weight excluding hydrogens is 282 g/mol. The second-order valence-electron chi connectivity index (χ2n) is 4.90. The molecule has 2 aliphatic rings. The number of aliphatic carboxylic acids is 1. The number of hydrogen-bond acceptors (Lipinski definition) is 4. The van der Waals surface area contributed by atoms with E-state index in [1.807, 2.05) is 6.07 Å². The molecule has 19 heavy (non-hydrogen) atoms. The van der Waals surface area contributed by atoms with E-state index in [-0.39, 0.29) is 5.91 Å². The van der Waals surface area contributed by atoms with E-state index in [0.717, 1.165) is 12.8 Å². The van der Waals surface area contributed by atoms with E-state index in [1.165, 1.54) is 39.9 Å². The van der Waals surface area contributed by atoms with Gasteiger partial charge in [-0.25, -0.2) is 4.79 Å². The van der Waals surface area contributed by atoms with Crippen LogP contribution in [0.3, 0.4) is 0 Å². The van der Waals surface area contributed by atoms with Crippen LogP contribution in [0.25, 0.3) is 0 Å². The lowest BCUT2D eigenvalue weighted by molar-refractivity contribution is -0.140. The van der Waals surface area contributed by atoms with Crippen molar-refractivity contribution in [1.29, 1.82) is 0 Å². The van der Waals surface area contributed by atoms with Crippen LogP contribution in [-0.2, 0) is 17.6 Å². The Labute approximate surface area is 119 Å². The molecule has 0 saturated carbocycles. The molecule has 102 valence electrons. The number of thiophene rings is 1. The van der Waals surface area contributed by atoms with E-state index in [0.29, 0.717) is 16.5 Å². The summed E-state index contributed by atoms with van der Waals surface area (Å²) < 4.78 is 0. The van der Waals surface area contributed by atoms with Crippen molar-refractivity contribution in [2.24, 2.45) is 0 Å². The standard InChI is InChI=1S/C13H15NO3S2/c15-12(14-7-18-6-9(14)13(16)17)11-5-8-3-1-2-4-10(8)19-11/h5,9H,1-4,6-7H2,(H,16,17)/t9-/m0/s1. The van der Waals surface area contributed by atoms with Crippen LogP contribution in [-0.4, -0.2) is 39.6 Å². The van der Waals surface area contributed by atoms with Crippen LogP contribution in [0.15, 0.2) is 6.07 Å². The van der Waals surface area contributed by atoms with E-state index in [9.17, 15) is 9.59 Å². The van der Waals surface area contributed by atoms with Crippen molar-refractivity contribution in [2.75, 3.05) is 11.6 Å². The fraction of sp³-hybridized carbons (Fsp3) is 0.538. The minimum absolute atomic E-state index is 0.114. The number of carboxylic acids is 1. The molecule has 1 saturated heterocycles. The van der Waals surface area contributed by atoms with Gasteiger partial charge in [0.05, 0.1) is 10.8 Å². The lowest BCUT2D eigenvalue weighted by Gasteiger charge is -2.19. The summed E-state index contributed by atoms with van der Waals surface area (Å²) in [5.74, 6) is -0.0404. The molecule has 3 rings (SSSR count). The SMILES string of the molecule is O=C(O)[C@@H]1CSCN1C(=O)c1cc2c(s1)CCCC2. The molecule has 0 bridgehead atoms. The molecule has 1 aromatic rings. The first-order valence-electron chi connectivity index (χ1n) is 6.40. The highest BCUT2D eigenvalue weighted by molar-refractivity contribution is 7.99. The van der Waals surface area contributed by atoms with Crippen molar-refractivity contribution in [1.82, 2.24) is 4.90 Å². The molecule has 2 heterocycles. The fourth-order valence-electron chi connectivity index (χ4n) is 2.58. The quantitative estimate of drug-likeness (QED) is 0.909. The van der Waals surface area contributed by atoms with Gasteiger partial charge < -0.3 is 10.0 Å². The zero-order chi connectivity index (χ0) is 13.4. The first-order valence-corrected chi connectivity index (χ1v) is 8.37. The van der Waals surface area contributed by atoms with Crippen molar-refractivity contribution in [3.05, 3.63) is 21.4 Å². The number of carboxylic acid groups (broad SMARTS) is 1. The van der Waals surface area contributed by atoms with Crippen LogP contribution in [0.1, 0.15) is 33.0 Å². The van der Waals surface area contributed by atoms with Crippen LogP contribution in [0.4, 0.5) is 0 Å². The van der Waals surface area contributed by atoms with Gasteiger partial charge in [-0.2, -0.15) is 0 Å². The molecular formula is C13H15NO3S2. The van der Waals surface area contributed by atoms with Gasteiger partial charge in [-0.05, 0) is 37.3 Å². The third-order valence-electron chi connectivity index (χ3n) is 3.64. The summed E-state index contributed by atoms with van der Waals surface area (Å²) in [6.45, 7) is 0. The number of amides is 1. The zero-order valence-electron chi connectivity index (χ0n) is 10.4. The Morgan fingerprint density at radius 2 is 2.11 bits per heavy atom. The van der Waals surface area contributed by atoms with Crippen LogP contribution in [0, 0.1) is 0 Å². The third kappa shape index (κ3) is 2.39. The summed E-state index contributed by atoms with van der Waals surface area (Å²) in [6, 6.07) is 1.31. The Bertz CT molecular complexity index is 502. The lowest BCUT2D eigenvalue weighted by atomic mass is 9.99. The number of rotatable bonds is 2. The van der Waals surface area contributed by atoms with Crippen LogP contribution in [0.2, 0.25) is 0 Å². The molecule has 0 spiro atoms. The van der Waals surface area contributed by atoms with Crippen molar-refractivity contribution in [2.45, 2.75) is 31.7 Å². The minimum atomic E-state index is -0.903. The van der Waals surface area contributed by atoms with E-state index >= 15 is 0 Å². The van der Waals surface area contributed by atoms with Gasteiger partial charge in [-0.15, -0.1) is 23.1 Å². The van der Waals surface area contributed by atoms with Crippen LogP contribution in [0.5, 0.6) is 0 Å². The topological polar surface area (TPSA) is 57.6 Å². The third-order valence-corrected chi connectivity index (χ3v) is 5.87. The van der Waals surface area contributed by atoms with Crippen molar-refractivity contribution in [3.8, 4) is 0 Å². The largest absolute Gasteiger partial charge is 0.480 e. The predicted molar refractivity (Wildman–Crippen MR) is 75.9 cm³/mol. The lowest BCUT2D eigenvalue weighted by Crippen LogP contribution is -2.41. The molecule has 1 atom stereocenters. The normalized spacial score (nSPS) is 22.3. The molecule has 1 N–H and O–H groups in total. The van der Waals surface area contributed by atoms with Gasteiger partial charge in [-0.1, -0.05) is 0 Å². The van der Waals surface area contributed by atoms with Gasteiger partial charge in [0, 0.05) is 10.6 Å². The van der Waals surface area contributed by atoms with E-state index < -0.39 is 12.0 Å². The summed E-state index contributed by atoms with van der Waals surface area (Å²) in [6.07, 6.45) is 4.49. The van der Waals surface area contributed by atoms with E-state index in [4.69, 9.17) is 5.11 Å². The molecule has 0 aromatic carbocycles. The summed E-state index contributed by atoms with van der Waals surface area (Å²) in [5, 5.41) is 9.14. The molecule has 1 amide bonds. The summed E-state index contributed by atoms with van der Waals surface area (Å²) in [7, 11) is 0. The van der Waals surface area contributed by atoms with Gasteiger partial charge in [0.1, 0.15) is 6.04 Å². The number of fused-ring (bicyclic) bond motifs is 1. The summed E-state index contributed by atoms with van der Waals surface area (Å²) in [5.41, 5.74) is 1.29. The molecule has 0 unspecified atom stereocenters. The van der Waals surface area contributed by atoms with E-state index in [2.05, 4.69) is 0 Å². The van der Waals surface area contributed by atoms with Crippen molar-refractivity contribution >= 4 is 35.0 Å². The number of thioether (sulfide) groups is 1. The van der Waals surface area contributed by atoms with Crippen molar-refractivity contribution in [3.63, 3.8) is 0 Å². The van der Waals surface area contributed by atoms with E-state index in [1.54, 1.807) is 11.3 Å². The second kappa shape index (κ2) is 5.17. The number of carbonyl (C=O) groups excluding carboxylic acids is 1. The first kappa shape index (κ1) is 13.0. The fourth-order valence-corrected chi connectivity index (χ4v) is 4.94. The average molecular weight is 297 g/mol. The minimum Gasteiger partial charge on any atom is -0.480 e. The summed E-state index contributed by atoms with van der Waals surface area (Å²) >= 11 is 3.06. The molecule has 1 fully saturated rings. The number of aryl methyl sites for hydroxylation is 2. The monoisotopic (exact) mass is 297 g/mol. The Kier molecular flexibility index (Phi) is 3.54. The maximum atomic E-state index is 12.4. The number of hydrogen-bond donors (Lipinski definition) is 1. The molecule has 1 aliphatic carbocycles. The van der Waals surface area contributed by atoms with Gasteiger partial charge in [0.2, 0.25) is 0 Å². The molecule has 6 heteroatoms. The predicted octanol–water partition coefficient (Wildman–Crippen LogP) is 2.23. The zero-order valence-corrected chi connectivity index (χ0v) is 12.1. The van der Waals surface area contributed by atoms with Crippen LogP contribution < -0.4 is 0 Å². The summed E-state index contributed by atoms with van der Waals surface area (Å²) in [4.78, 5) is 27.1. The smallest absolute Gasteiger partial charge is 0.327 e. The highest BCUT2D eigenvalue weighted by Crippen LogP contribution is 2.32. The van der Waals surface area contributed by atoms with Gasteiger partial charge >= 0.3 is 5.97 Å². The Morgan fingerprint density at radius 3 is 2.84 bits per heavy atom. The van der Waals surface area contributed by atoms with Crippen molar-refractivity contribution < 1.29 is 14.7 Å². The first-order chi connectivity index (χ1) is 9.16. The van der Waals surface area contributed by atoms with Gasteiger partial charge in [0.25, 0.3) is 5.91 Å². The number of carbonyl (C=O) groups is 2. The molecule has 1 aromatic heterocycles. The maximum absolute atomic E-state index is 12.4. The highest BCUT2D eigenvalue weighted by Gasteiger charge is 2.35. The number of nitrogens with zero attached hydrogens (tertiary/aromatic N) is 1. The van der Waals surface area contributed by atoms with Gasteiger partial charge in [0.15, 0.2) is 0 Å². The molecule has 0 radical (unpaired) electrons. The Balaban J connectivity index is 1.83. The highest BCUT2D eigenvalue weighted by atomic mass is 32.2. The van der Waals surface area contributed by atoms with Gasteiger partial charge in [-0.3, -0.25) is 4.79 Å².